The number of rotatable bonds is 10. The van der Waals surface area contributed by atoms with E-state index in [2.05, 4.69) is 19.1 Å². The molecule has 0 aliphatic carbocycles. The summed E-state index contributed by atoms with van der Waals surface area (Å²) in [6.07, 6.45) is 2.96. The lowest BCUT2D eigenvalue weighted by molar-refractivity contribution is 0.00200. The number of hydrogen-bond acceptors (Lipinski definition) is 3. The van der Waals surface area contributed by atoms with Crippen LogP contribution in [-0.2, 0) is 15.9 Å². The minimum atomic E-state index is 0.0437. The summed E-state index contributed by atoms with van der Waals surface area (Å²) in [5.41, 5.74) is 2.72. The van der Waals surface area contributed by atoms with Gasteiger partial charge in [0.1, 0.15) is 0 Å². The van der Waals surface area contributed by atoms with Gasteiger partial charge in [0.2, 0.25) is 0 Å². The molecule has 0 spiro atoms. The van der Waals surface area contributed by atoms with E-state index in [0.717, 1.165) is 30.4 Å². The van der Waals surface area contributed by atoms with Gasteiger partial charge < -0.3 is 9.47 Å². The zero-order valence-electron chi connectivity index (χ0n) is 15.5. The zero-order chi connectivity index (χ0) is 18.1. The van der Waals surface area contributed by atoms with E-state index in [1.54, 1.807) is 14.2 Å². The molecule has 0 atom stereocenters. The molecule has 134 valence electrons. The summed E-state index contributed by atoms with van der Waals surface area (Å²) in [6, 6.07) is 17.3. The van der Waals surface area contributed by atoms with Crippen molar-refractivity contribution < 1.29 is 14.3 Å². The third-order valence-electron chi connectivity index (χ3n) is 4.85. The summed E-state index contributed by atoms with van der Waals surface area (Å²) in [4.78, 5) is 12.5. The topological polar surface area (TPSA) is 35.5 Å². The van der Waals surface area contributed by atoms with E-state index in [0.29, 0.717) is 13.2 Å². The fourth-order valence-electron chi connectivity index (χ4n) is 3.17. The van der Waals surface area contributed by atoms with Crippen LogP contribution in [0.25, 0.3) is 0 Å². The number of carbonyl (C=O) groups excluding carboxylic acids is 1. The molecule has 0 unspecified atom stereocenters. The van der Waals surface area contributed by atoms with Crippen LogP contribution >= 0.6 is 0 Å². The SMILES string of the molecule is CCC(CCc1ccc(C(=O)c2ccccc2)cc1)(COC)COC. The molecule has 0 aromatic heterocycles. The van der Waals surface area contributed by atoms with E-state index < -0.39 is 0 Å². The van der Waals surface area contributed by atoms with Crippen LogP contribution in [0.15, 0.2) is 54.6 Å². The highest BCUT2D eigenvalue weighted by atomic mass is 16.5. The first-order valence-corrected chi connectivity index (χ1v) is 8.80. The highest BCUT2D eigenvalue weighted by Crippen LogP contribution is 2.29. The van der Waals surface area contributed by atoms with Crippen LogP contribution < -0.4 is 0 Å². The molecule has 0 radical (unpaired) electrons. The molecule has 0 saturated carbocycles. The van der Waals surface area contributed by atoms with Gasteiger partial charge in [0.25, 0.3) is 0 Å². The lowest BCUT2D eigenvalue weighted by Crippen LogP contribution is -2.31. The van der Waals surface area contributed by atoms with E-state index in [1.165, 1.54) is 5.56 Å². The third kappa shape index (κ3) is 5.25. The minimum Gasteiger partial charge on any atom is -0.384 e. The van der Waals surface area contributed by atoms with Gasteiger partial charge in [0, 0.05) is 30.8 Å². The summed E-state index contributed by atoms with van der Waals surface area (Å²) < 4.78 is 10.8. The lowest BCUT2D eigenvalue weighted by atomic mass is 9.81. The van der Waals surface area contributed by atoms with Crippen LogP contribution in [-0.4, -0.2) is 33.2 Å². The molecular formula is C22H28O3. The number of ether oxygens (including phenoxy) is 2. The minimum absolute atomic E-state index is 0.0437. The van der Waals surface area contributed by atoms with Crippen molar-refractivity contribution in [3.05, 3.63) is 71.3 Å². The van der Waals surface area contributed by atoms with Gasteiger partial charge in [-0.25, -0.2) is 0 Å². The Morgan fingerprint density at radius 1 is 0.880 bits per heavy atom. The fourth-order valence-corrected chi connectivity index (χ4v) is 3.17. The number of carbonyl (C=O) groups is 1. The first-order chi connectivity index (χ1) is 12.1. The molecule has 0 fully saturated rings. The maximum absolute atomic E-state index is 12.5. The summed E-state index contributed by atoms with van der Waals surface area (Å²) in [5.74, 6) is 0.0637. The molecular weight excluding hydrogens is 312 g/mol. The van der Waals surface area contributed by atoms with Gasteiger partial charge in [-0.15, -0.1) is 0 Å². The van der Waals surface area contributed by atoms with Crippen LogP contribution in [0, 0.1) is 5.41 Å². The zero-order valence-corrected chi connectivity index (χ0v) is 15.5. The predicted molar refractivity (Wildman–Crippen MR) is 101 cm³/mol. The largest absolute Gasteiger partial charge is 0.384 e. The van der Waals surface area contributed by atoms with Crippen molar-refractivity contribution >= 4 is 5.78 Å². The monoisotopic (exact) mass is 340 g/mol. The van der Waals surface area contributed by atoms with Crippen molar-refractivity contribution in [2.75, 3.05) is 27.4 Å². The molecule has 2 aromatic carbocycles. The number of benzene rings is 2. The predicted octanol–water partition coefficient (Wildman–Crippen LogP) is 4.54. The molecule has 3 nitrogen and oxygen atoms in total. The Morgan fingerprint density at radius 2 is 1.44 bits per heavy atom. The number of methoxy groups -OCH3 is 2. The second-order valence-corrected chi connectivity index (χ2v) is 6.61. The Bertz CT molecular complexity index is 641. The normalized spacial score (nSPS) is 11.5. The van der Waals surface area contributed by atoms with Gasteiger partial charge in [-0.3, -0.25) is 4.79 Å². The molecule has 0 aliphatic heterocycles. The first kappa shape index (κ1) is 19.4. The van der Waals surface area contributed by atoms with Crippen molar-refractivity contribution in [3.8, 4) is 0 Å². The Morgan fingerprint density at radius 3 is 1.96 bits per heavy atom. The molecule has 0 N–H and O–H groups in total. The Balaban J connectivity index is 2.03. The van der Waals surface area contributed by atoms with Crippen molar-refractivity contribution in [3.63, 3.8) is 0 Å². The highest BCUT2D eigenvalue weighted by molar-refractivity contribution is 6.08. The average Bonchev–Trinajstić information content (AvgIpc) is 2.67. The Kier molecular flexibility index (Phi) is 7.35. The summed E-state index contributed by atoms with van der Waals surface area (Å²) in [7, 11) is 3.48. The van der Waals surface area contributed by atoms with Crippen LogP contribution in [0.1, 0.15) is 41.3 Å². The smallest absolute Gasteiger partial charge is 0.193 e. The molecule has 2 aromatic rings. The number of ketones is 1. The van der Waals surface area contributed by atoms with Gasteiger partial charge in [0.15, 0.2) is 5.78 Å². The Labute approximate surface area is 151 Å². The molecule has 0 aliphatic rings. The average molecular weight is 340 g/mol. The van der Waals surface area contributed by atoms with Gasteiger partial charge in [-0.2, -0.15) is 0 Å². The number of aryl methyl sites for hydroxylation is 1. The lowest BCUT2D eigenvalue weighted by Gasteiger charge is -2.31. The van der Waals surface area contributed by atoms with Gasteiger partial charge in [-0.05, 0) is 24.8 Å². The van der Waals surface area contributed by atoms with Crippen molar-refractivity contribution in [1.82, 2.24) is 0 Å². The molecule has 2 rings (SSSR count). The van der Waals surface area contributed by atoms with Gasteiger partial charge in [-0.1, -0.05) is 61.5 Å². The van der Waals surface area contributed by atoms with Crippen LogP contribution in [0.2, 0.25) is 0 Å². The van der Waals surface area contributed by atoms with E-state index in [-0.39, 0.29) is 11.2 Å². The van der Waals surface area contributed by atoms with E-state index >= 15 is 0 Å². The maximum Gasteiger partial charge on any atom is 0.193 e. The van der Waals surface area contributed by atoms with E-state index in [9.17, 15) is 4.79 Å². The Hall–Kier alpha value is -1.97. The molecule has 0 heterocycles. The summed E-state index contributed by atoms with van der Waals surface area (Å²) in [5, 5.41) is 0. The van der Waals surface area contributed by atoms with Gasteiger partial charge in [0.05, 0.1) is 13.2 Å². The molecule has 25 heavy (non-hydrogen) atoms. The first-order valence-electron chi connectivity index (χ1n) is 8.80. The summed E-state index contributed by atoms with van der Waals surface area (Å²) in [6.45, 7) is 3.57. The maximum atomic E-state index is 12.5. The quantitative estimate of drug-likeness (QED) is 0.596. The summed E-state index contributed by atoms with van der Waals surface area (Å²) >= 11 is 0. The van der Waals surface area contributed by atoms with Crippen molar-refractivity contribution in [2.45, 2.75) is 26.2 Å². The van der Waals surface area contributed by atoms with Crippen LogP contribution in [0.5, 0.6) is 0 Å². The third-order valence-corrected chi connectivity index (χ3v) is 4.85. The van der Waals surface area contributed by atoms with Gasteiger partial charge >= 0.3 is 0 Å². The van der Waals surface area contributed by atoms with Crippen molar-refractivity contribution in [1.29, 1.82) is 0 Å². The second kappa shape index (κ2) is 9.50. The van der Waals surface area contributed by atoms with Crippen LogP contribution in [0.3, 0.4) is 0 Å². The fraction of sp³-hybridized carbons (Fsp3) is 0.409. The molecule has 0 bridgehead atoms. The van der Waals surface area contributed by atoms with Crippen LogP contribution in [0.4, 0.5) is 0 Å². The number of hydrogen-bond donors (Lipinski definition) is 0. The second-order valence-electron chi connectivity index (χ2n) is 6.61. The molecule has 0 saturated heterocycles. The highest BCUT2D eigenvalue weighted by Gasteiger charge is 2.28. The molecule has 3 heteroatoms. The molecule has 0 amide bonds. The van der Waals surface area contributed by atoms with Crippen molar-refractivity contribution in [2.24, 2.45) is 5.41 Å². The van der Waals surface area contributed by atoms with E-state index in [1.807, 2.05) is 42.5 Å². The van der Waals surface area contributed by atoms with E-state index in [4.69, 9.17) is 9.47 Å². The standard InChI is InChI=1S/C22H28O3/c1-4-22(16-24-2,17-25-3)15-14-18-10-12-20(13-11-18)21(23)19-8-6-5-7-9-19/h5-13H,4,14-17H2,1-3H3.